The molecule has 0 aliphatic rings. The van der Waals surface area contributed by atoms with Crippen LogP contribution in [0.1, 0.15) is 38.4 Å². The first-order valence-corrected chi connectivity index (χ1v) is 6.40. The molecule has 0 radical (unpaired) electrons. The van der Waals surface area contributed by atoms with E-state index in [0.717, 1.165) is 25.1 Å². The van der Waals surface area contributed by atoms with Crippen molar-refractivity contribution in [2.24, 2.45) is 5.92 Å². The van der Waals surface area contributed by atoms with Gasteiger partial charge in [-0.2, -0.15) is 0 Å². The maximum atomic E-state index is 8.86. The Labute approximate surface area is 95.6 Å². The minimum Gasteiger partial charge on any atom is -0.396 e. The summed E-state index contributed by atoms with van der Waals surface area (Å²) in [6.45, 7) is 5.49. The number of aliphatic hydroxyl groups is 1. The van der Waals surface area contributed by atoms with E-state index in [1.54, 1.807) is 11.3 Å². The van der Waals surface area contributed by atoms with Crippen molar-refractivity contribution in [2.45, 2.75) is 32.7 Å². The first-order valence-electron chi connectivity index (χ1n) is 5.46. The number of hydrogen-bond acceptors (Lipinski definition) is 4. The molecule has 2 N–H and O–H groups in total. The lowest BCUT2D eigenvalue weighted by Crippen LogP contribution is -2.20. The van der Waals surface area contributed by atoms with Gasteiger partial charge in [-0.05, 0) is 32.2 Å². The summed E-state index contributed by atoms with van der Waals surface area (Å²) >= 11 is 1.63. The molecule has 0 aliphatic carbocycles. The second-order valence-electron chi connectivity index (χ2n) is 4.02. The molecule has 1 rings (SSSR count). The number of aromatic nitrogens is 1. The highest BCUT2D eigenvalue weighted by molar-refractivity contribution is 7.07. The number of hydrogen-bond donors (Lipinski definition) is 2. The number of nitrogens with one attached hydrogen (secondary N) is 1. The van der Waals surface area contributed by atoms with Gasteiger partial charge in [-0.15, -0.1) is 11.3 Å². The van der Waals surface area contributed by atoms with Crippen LogP contribution in [-0.4, -0.2) is 23.2 Å². The van der Waals surface area contributed by atoms with Crippen LogP contribution in [0.15, 0.2) is 10.9 Å². The van der Waals surface area contributed by atoms with Crippen molar-refractivity contribution in [3.05, 3.63) is 16.6 Å². The average molecular weight is 228 g/mol. The highest BCUT2D eigenvalue weighted by Gasteiger charge is 2.06. The second-order valence-corrected chi connectivity index (χ2v) is 4.74. The van der Waals surface area contributed by atoms with Crippen LogP contribution < -0.4 is 5.32 Å². The predicted octanol–water partition coefficient (Wildman–Crippen LogP) is 2.20. The van der Waals surface area contributed by atoms with E-state index in [1.807, 2.05) is 5.51 Å². The van der Waals surface area contributed by atoms with Gasteiger partial charge in [0.2, 0.25) is 0 Å². The highest BCUT2D eigenvalue weighted by Crippen LogP contribution is 2.12. The van der Waals surface area contributed by atoms with Crippen molar-refractivity contribution < 1.29 is 5.11 Å². The van der Waals surface area contributed by atoms with Gasteiger partial charge in [-0.3, -0.25) is 0 Å². The SMILES string of the molecule is CC(CO)CCCNC(C)c1cscn1. The van der Waals surface area contributed by atoms with Crippen molar-refractivity contribution in [3.63, 3.8) is 0 Å². The largest absolute Gasteiger partial charge is 0.396 e. The Morgan fingerprint density at radius 3 is 2.93 bits per heavy atom. The molecular formula is C11H20N2OS. The maximum absolute atomic E-state index is 8.86. The lowest BCUT2D eigenvalue weighted by molar-refractivity contribution is 0.227. The average Bonchev–Trinajstić information content (AvgIpc) is 2.77. The number of thiazole rings is 1. The van der Waals surface area contributed by atoms with Gasteiger partial charge in [-0.25, -0.2) is 4.98 Å². The van der Waals surface area contributed by atoms with Gasteiger partial charge in [0.1, 0.15) is 0 Å². The van der Waals surface area contributed by atoms with Crippen LogP contribution in [-0.2, 0) is 0 Å². The molecule has 1 heterocycles. The smallest absolute Gasteiger partial charge is 0.0795 e. The van der Waals surface area contributed by atoms with Gasteiger partial charge in [0.25, 0.3) is 0 Å². The molecule has 0 spiro atoms. The van der Waals surface area contributed by atoms with Gasteiger partial charge in [0.15, 0.2) is 0 Å². The van der Waals surface area contributed by atoms with Gasteiger partial charge in [-0.1, -0.05) is 6.92 Å². The fourth-order valence-electron chi connectivity index (χ4n) is 1.40. The number of aliphatic hydroxyl groups excluding tert-OH is 1. The van der Waals surface area contributed by atoms with E-state index < -0.39 is 0 Å². The molecule has 3 nitrogen and oxygen atoms in total. The Morgan fingerprint density at radius 1 is 1.53 bits per heavy atom. The first kappa shape index (κ1) is 12.6. The molecule has 0 saturated carbocycles. The topological polar surface area (TPSA) is 45.1 Å². The van der Waals surface area contributed by atoms with Crippen LogP contribution in [0.3, 0.4) is 0 Å². The molecule has 2 unspecified atom stereocenters. The molecule has 2 atom stereocenters. The molecular weight excluding hydrogens is 208 g/mol. The Balaban J connectivity index is 2.10. The zero-order valence-electron chi connectivity index (χ0n) is 9.44. The van der Waals surface area contributed by atoms with Crippen molar-refractivity contribution in [3.8, 4) is 0 Å². The van der Waals surface area contributed by atoms with E-state index in [-0.39, 0.29) is 0 Å². The Kier molecular flexibility index (Phi) is 5.83. The first-order chi connectivity index (χ1) is 7.24. The zero-order chi connectivity index (χ0) is 11.1. The van der Waals surface area contributed by atoms with Gasteiger partial charge in [0.05, 0.1) is 11.2 Å². The third kappa shape index (κ3) is 4.73. The summed E-state index contributed by atoms with van der Waals surface area (Å²) in [5.74, 6) is 0.418. The Bertz CT molecular complexity index is 251. The third-order valence-electron chi connectivity index (χ3n) is 2.53. The van der Waals surface area contributed by atoms with E-state index in [0.29, 0.717) is 18.6 Å². The standard InChI is InChI=1S/C11H20N2OS/c1-9(6-14)4-3-5-12-10(2)11-7-15-8-13-11/h7-10,12,14H,3-6H2,1-2H3. The Hall–Kier alpha value is -0.450. The zero-order valence-corrected chi connectivity index (χ0v) is 10.3. The minimum absolute atomic E-state index is 0.293. The highest BCUT2D eigenvalue weighted by atomic mass is 32.1. The van der Waals surface area contributed by atoms with Gasteiger partial charge in [0, 0.05) is 18.0 Å². The van der Waals surface area contributed by atoms with E-state index in [4.69, 9.17) is 5.11 Å². The van der Waals surface area contributed by atoms with Crippen LogP contribution in [0.4, 0.5) is 0 Å². The molecule has 0 aliphatic heterocycles. The molecule has 15 heavy (non-hydrogen) atoms. The number of rotatable bonds is 7. The third-order valence-corrected chi connectivity index (χ3v) is 3.14. The molecule has 0 fully saturated rings. The summed E-state index contributed by atoms with van der Waals surface area (Å²) in [7, 11) is 0. The second kappa shape index (κ2) is 6.93. The molecule has 1 aromatic rings. The van der Waals surface area contributed by atoms with E-state index in [1.165, 1.54) is 0 Å². The number of nitrogens with zero attached hydrogens (tertiary/aromatic N) is 1. The summed E-state index contributed by atoms with van der Waals surface area (Å²) in [4.78, 5) is 4.26. The molecule has 0 amide bonds. The van der Waals surface area contributed by atoms with Gasteiger partial charge >= 0.3 is 0 Å². The minimum atomic E-state index is 0.293. The molecule has 0 saturated heterocycles. The molecule has 0 bridgehead atoms. The summed E-state index contributed by atoms with van der Waals surface area (Å²) in [6, 6.07) is 0.334. The lowest BCUT2D eigenvalue weighted by atomic mass is 10.1. The van der Waals surface area contributed by atoms with E-state index >= 15 is 0 Å². The summed E-state index contributed by atoms with van der Waals surface area (Å²) in [5.41, 5.74) is 2.98. The summed E-state index contributed by atoms with van der Waals surface area (Å²) in [5, 5.41) is 14.4. The predicted molar refractivity (Wildman–Crippen MR) is 64.0 cm³/mol. The van der Waals surface area contributed by atoms with Crippen LogP contribution in [0.25, 0.3) is 0 Å². The van der Waals surface area contributed by atoms with Crippen LogP contribution in [0, 0.1) is 5.92 Å². The van der Waals surface area contributed by atoms with E-state index in [2.05, 4.69) is 29.5 Å². The monoisotopic (exact) mass is 228 g/mol. The Morgan fingerprint density at radius 2 is 2.33 bits per heavy atom. The van der Waals surface area contributed by atoms with Crippen LogP contribution in [0.2, 0.25) is 0 Å². The van der Waals surface area contributed by atoms with Gasteiger partial charge < -0.3 is 10.4 Å². The summed E-state index contributed by atoms with van der Waals surface area (Å²) in [6.07, 6.45) is 2.18. The van der Waals surface area contributed by atoms with Crippen molar-refractivity contribution >= 4 is 11.3 Å². The van der Waals surface area contributed by atoms with E-state index in [9.17, 15) is 0 Å². The maximum Gasteiger partial charge on any atom is 0.0795 e. The van der Waals surface area contributed by atoms with Crippen LogP contribution >= 0.6 is 11.3 Å². The molecule has 86 valence electrons. The quantitative estimate of drug-likeness (QED) is 0.703. The van der Waals surface area contributed by atoms with Crippen molar-refractivity contribution in [2.75, 3.05) is 13.2 Å². The lowest BCUT2D eigenvalue weighted by Gasteiger charge is -2.12. The molecule has 1 aromatic heterocycles. The molecule has 0 aromatic carbocycles. The fraction of sp³-hybridized carbons (Fsp3) is 0.727. The van der Waals surface area contributed by atoms with Crippen molar-refractivity contribution in [1.82, 2.24) is 10.3 Å². The fourth-order valence-corrected chi connectivity index (χ4v) is 2.05. The van der Waals surface area contributed by atoms with Crippen molar-refractivity contribution in [1.29, 1.82) is 0 Å². The molecule has 4 heteroatoms. The summed E-state index contributed by atoms with van der Waals surface area (Å²) < 4.78 is 0. The normalized spacial score (nSPS) is 15.1. The van der Waals surface area contributed by atoms with Crippen LogP contribution in [0.5, 0.6) is 0 Å².